The van der Waals surface area contributed by atoms with Crippen LogP contribution in [0.2, 0.25) is 0 Å². The fraction of sp³-hybridized carbons (Fsp3) is 0.417. The number of benzene rings is 1. The molecule has 0 aliphatic carbocycles. The predicted octanol–water partition coefficient (Wildman–Crippen LogP) is 0.692. The summed E-state index contributed by atoms with van der Waals surface area (Å²) in [6, 6.07) is 2.30. The minimum Gasteiger partial charge on any atom is -0.462 e. The number of carbonyl (C=O) groups is 1. The summed E-state index contributed by atoms with van der Waals surface area (Å²) in [6.45, 7) is -0.582. The van der Waals surface area contributed by atoms with Crippen LogP contribution >= 0.6 is 0 Å². The van der Waals surface area contributed by atoms with Gasteiger partial charge in [-0.2, -0.15) is 8.42 Å². The summed E-state index contributed by atoms with van der Waals surface area (Å²) >= 11 is 0. The average Bonchev–Trinajstić information content (AvgIpc) is 2.33. The van der Waals surface area contributed by atoms with Crippen LogP contribution in [0, 0.1) is 11.6 Å². The first-order valence-corrected chi connectivity index (χ1v) is 7.51. The molecule has 1 aromatic carbocycles. The molecule has 0 aliphatic heterocycles. The second-order valence-electron chi connectivity index (χ2n) is 4.40. The van der Waals surface area contributed by atoms with Gasteiger partial charge in [0, 0.05) is 18.6 Å². The highest BCUT2D eigenvalue weighted by Gasteiger charge is 2.35. The summed E-state index contributed by atoms with van der Waals surface area (Å²) in [4.78, 5) is 10.8. The number of carbonyl (C=O) groups excluding carboxylic acids is 1. The summed E-state index contributed by atoms with van der Waals surface area (Å²) in [5.41, 5.74) is -2.72. The van der Waals surface area contributed by atoms with Crippen molar-refractivity contribution in [1.82, 2.24) is 0 Å². The quantitative estimate of drug-likeness (QED) is 0.612. The second-order valence-corrected chi connectivity index (χ2v) is 6.05. The lowest BCUT2D eigenvalue weighted by Crippen LogP contribution is -2.39. The molecule has 0 radical (unpaired) electrons. The highest BCUT2D eigenvalue weighted by Crippen LogP contribution is 2.26. The molecule has 0 spiro atoms. The molecule has 0 saturated heterocycles. The molecule has 1 N–H and O–H groups in total. The monoisotopic (exact) mass is 324 g/mol. The molecule has 1 aromatic rings. The molecule has 0 fully saturated rings. The molecule has 0 bridgehead atoms. The lowest BCUT2D eigenvalue weighted by Gasteiger charge is -2.27. The van der Waals surface area contributed by atoms with Crippen LogP contribution in [0.3, 0.4) is 0 Å². The highest BCUT2D eigenvalue weighted by molar-refractivity contribution is 7.85. The van der Waals surface area contributed by atoms with Crippen LogP contribution in [0.1, 0.15) is 12.5 Å². The molecular weight excluding hydrogens is 310 g/mol. The molecule has 1 atom stereocenters. The van der Waals surface area contributed by atoms with E-state index in [9.17, 15) is 27.1 Å². The Balaban J connectivity index is 3.13. The Morgan fingerprint density at radius 2 is 1.95 bits per heavy atom. The predicted molar refractivity (Wildman–Crippen MR) is 67.7 cm³/mol. The van der Waals surface area contributed by atoms with Gasteiger partial charge in [-0.15, -0.1) is 0 Å². The van der Waals surface area contributed by atoms with Gasteiger partial charge in [0.05, 0.1) is 6.26 Å². The van der Waals surface area contributed by atoms with Crippen LogP contribution in [-0.4, -0.2) is 39.0 Å². The van der Waals surface area contributed by atoms with Gasteiger partial charge in [-0.05, 0) is 6.07 Å². The molecule has 9 heteroatoms. The van der Waals surface area contributed by atoms with Crippen molar-refractivity contribution in [1.29, 1.82) is 0 Å². The van der Waals surface area contributed by atoms with Crippen molar-refractivity contribution in [3.8, 4) is 0 Å². The number of aliphatic hydroxyl groups is 1. The lowest BCUT2D eigenvalue weighted by atomic mass is 9.95. The van der Waals surface area contributed by atoms with Crippen molar-refractivity contribution in [2.75, 3.05) is 19.5 Å². The number of esters is 1. The van der Waals surface area contributed by atoms with Gasteiger partial charge >= 0.3 is 5.97 Å². The molecule has 6 nitrogen and oxygen atoms in total. The first kappa shape index (κ1) is 17.5. The number of hydrogen-bond acceptors (Lipinski definition) is 6. The zero-order chi connectivity index (χ0) is 16.3. The maximum absolute atomic E-state index is 13.7. The third-order valence-corrected chi connectivity index (χ3v) is 3.00. The van der Waals surface area contributed by atoms with Crippen molar-refractivity contribution < 1.29 is 36.0 Å². The zero-order valence-electron chi connectivity index (χ0n) is 11.3. The fourth-order valence-electron chi connectivity index (χ4n) is 1.49. The summed E-state index contributed by atoms with van der Waals surface area (Å²) in [5, 5.41) is 10.3. The fourth-order valence-corrected chi connectivity index (χ4v) is 1.90. The Morgan fingerprint density at radius 1 is 1.33 bits per heavy atom. The first-order valence-electron chi connectivity index (χ1n) is 5.69. The number of halogens is 2. The van der Waals surface area contributed by atoms with Crippen molar-refractivity contribution in [3.63, 3.8) is 0 Å². The standard InChI is InChI=1S/C12H14F2O6S/c1-8(15)19-6-12(16,7-20-21(2,17)18)10-4-3-9(13)5-11(10)14/h3-5,16H,6-7H2,1-2H3. The SMILES string of the molecule is CC(=O)OCC(O)(COS(C)(=O)=O)c1ccc(F)cc1F. The first-order chi connectivity index (χ1) is 9.53. The van der Waals surface area contributed by atoms with Crippen molar-refractivity contribution in [3.05, 3.63) is 35.4 Å². The van der Waals surface area contributed by atoms with E-state index in [1.165, 1.54) is 0 Å². The molecule has 0 saturated carbocycles. The summed E-state index contributed by atoms with van der Waals surface area (Å²) < 4.78 is 57.6. The third-order valence-electron chi connectivity index (χ3n) is 2.46. The van der Waals surface area contributed by atoms with Crippen molar-refractivity contribution in [2.45, 2.75) is 12.5 Å². The van der Waals surface area contributed by atoms with E-state index < -0.39 is 52.1 Å². The minimum atomic E-state index is -3.92. The maximum atomic E-state index is 13.7. The van der Waals surface area contributed by atoms with E-state index in [1.807, 2.05) is 0 Å². The van der Waals surface area contributed by atoms with Gasteiger partial charge in [0.15, 0.2) is 5.60 Å². The third kappa shape index (κ3) is 5.37. The van der Waals surface area contributed by atoms with E-state index >= 15 is 0 Å². The molecule has 1 rings (SSSR count). The van der Waals surface area contributed by atoms with E-state index in [0.717, 1.165) is 25.3 Å². The van der Waals surface area contributed by atoms with Gasteiger partial charge in [-0.1, -0.05) is 6.07 Å². The van der Waals surface area contributed by atoms with Crippen LogP contribution in [0.5, 0.6) is 0 Å². The number of rotatable bonds is 6. The van der Waals surface area contributed by atoms with Gasteiger partial charge in [0.2, 0.25) is 0 Å². The van der Waals surface area contributed by atoms with Gasteiger partial charge < -0.3 is 9.84 Å². The van der Waals surface area contributed by atoms with Crippen LogP contribution < -0.4 is 0 Å². The second kappa shape index (κ2) is 6.46. The van der Waals surface area contributed by atoms with E-state index in [2.05, 4.69) is 8.92 Å². The summed E-state index contributed by atoms with van der Waals surface area (Å²) in [5.74, 6) is -2.77. The summed E-state index contributed by atoms with van der Waals surface area (Å²) in [7, 11) is -3.92. The van der Waals surface area contributed by atoms with E-state index in [0.29, 0.717) is 6.07 Å². The van der Waals surface area contributed by atoms with Crippen LogP contribution in [-0.2, 0) is 29.4 Å². The Labute approximate surface area is 120 Å². The molecule has 1 unspecified atom stereocenters. The minimum absolute atomic E-state index is 0.450. The Hall–Kier alpha value is -1.58. The van der Waals surface area contributed by atoms with Gasteiger partial charge in [-0.3, -0.25) is 8.98 Å². The highest BCUT2D eigenvalue weighted by atomic mass is 32.2. The number of hydrogen-bond donors (Lipinski definition) is 1. The smallest absolute Gasteiger partial charge is 0.302 e. The van der Waals surface area contributed by atoms with E-state index in [4.69, 9.17) is 0 Å². The number of ether oxygens (including phenoxy) is 1. The van der Waals surface area contributed by atoms with Crippen molar-refractivity contribution >= 4 is 16.1 Å². The normalized spacial score (nSPS) is 14.5. The van der Waals surface area contributed by atoms with Crippen LogP contribution in [0.25, 0.3) is 0 Å². The molecule has 0 aromatic heterocycles. The maximum Gasteiger partial charge on any atom is 0.302 e. The van der Waals surface area contributed by atoms with Gasteiger partial charge in [0.1, 0.15) is 24.8 Å². The average molecular weight is 324 g/mol. The lowest BCUT2D eigenvalue weighted by molar-refractivity contribution is -0.151. The molecule has 21 heavy (non-hydrogen) atoms. The molecule has 118 valence electrons. The van der Waals surface area contributed by atoms with Crippen LogP contribution in [0.15, 0.2) is 18.2 Å². The summed E-state index contributed by atoms with van der Waals surface area (Å²) in [6.07, 6.45) is 0.736. The van der Waals surface area contributed by atoms with E-state index in [1.54, 1.807) is 0 Å². The Kier molecular flexibility index (Phi) is 5.37. The largest absolute Gasteiger partial charge is 0.462 e. The zero-order valence-corrected chi connectivity index (χ0v) is 12.1. The Morgan fingerprint density at radius 3 is 2.43 bits per heavy atom. The van der Waals surface area contributed by atoms with Gasteiger partial charge in [0.25, 0.3) is 10.1 Å². The molecule has 0 aliphatic rings. The van der Waals surface area contributed by atoms with Gasteiger partial charge in [-0.25, -0.2) is 8.78 Å². The molecule has 0 heterocycles. The van der Waals surface area contributed by atoms with Crippen LogP contribution in [0.4, 0.5) is 8.78 Å². The Bertz CT molecular complexity index is 631. The topological polar surface area (TPSA) is 89.9 Å². The van der Waals surface area contributed by atoms with E-state index in [-0.39, 0.29) is 0 Å². The molecular formula is C12H14F2O6S. The molecule has 0 amide bonds. The van der Waals surface area contributed by atoms with Crippen molar-refractivity contribution in [2.24, 2.45) is 0 Å².